The number of aliphatic hydroxyl groups is 4. The van der Waals surface area contributed by atoms with E-state index in [1.165, 1.54) is 0 Å². The monoisotopic (exact) mass is 678 g/mol. The summed E-state index contributed by atoms with van der Waals surface area (Å²) < 4.78 is 21.9. The molecular weight excluding hydrogens is 616 g/mol. The van der Waals surface area contributed by atoms with Crippen LogP contribution in [0.2, 0.25) is 0 Å². The van der Waals surface area contributed by atoms with Gasteiger partial charge in [-0.3, -0.25) is 9.59 Å². The molecule has 10 heteroatoms. The number of ether oxygens (including phenoxy) is 4. The standard InChI is InChI=1S/C38H62O10/c1-3-5-7-9-11-13-15-16-17-19-20-22-24-26-33(40)45-29-31(30-46-38-37(44)36(43)35(42)32(28-39)48-38)47-34(41)27-25-23-21-18-14-12-10-8-6-4-2/h3-4,7-10,13,15,31-32,35-39,42-44H,1-2,5-6,11-12,14,16-30H2/b9-7-,10-8+,15-13+/t31-,32-,35+,36+,37-,38-/m1/s1. The van der Waals surface area contributed by atoms with Crippen molar-refractivity contribution in [3.05, 3.63) is 61.8 Å². The lowest BCUT2D eigenvalue weighted by Gasteiger charge is -2.39. The molecule has 1 aliphatic heterocycles. The molecule has 0 unspecified atom stereocenters. The van der Waals surface area contributed by atoms with Crippen LogP contribution in [0.3, 0.4) is 0 Å². The van der Waals surface area contributed by atoms with E-state index >= 15 is 0 Å². The van der Waals surface area contributed by atoms with Gasteiger partial charge in [-0.1, -0.05) is 87.1 Å². The fourth-order valence-corrected chi connectivity index (χ4v) is 5.04. The third-order valence-corrected chi connectivity index (χ3v) is 7.90. The Morgan fingerprint density at radius 3 is 1.77 bits per heavy atom. The van der Waals surface area contributed by atoms with Crippen molar-refractivity contribution in [2.75, 3.05) is 19.8 Å². The summed E-state index contributed by atoms with van der Waals surface area (Å²) in [6.45, 7) is 6.26. The number of esters is 2. The summed E-state index contributed by atoms with van der Waals surface area (Å²) in [6.07, 6.45) is 23.2. The van der Waals surface area contributed by atoms with E-state index in [1.807, 2.05) is 12.2 Å². The van der Waals surface area contributed by atoms with Crippen LogP contribution in [0, 0.1) is 0 Å². The highest BCUT2D eigenvalue weighted by molar-refractivity contribution is 5.70. The Morgan fingerprint density at radius 2 is 1.17 bits per heavy atom. The van der Waals surface area contributed by atoms with Crippen LogP contribution in [0.15, 0.2) is 61.8 Å². The highest BCUT2D eigenvalue weighted by Crippen LogP contribution is 2.22. The van der Waals surface area contributed by atoms with Gasteiger partial charge in [0.2, 0.25) is 0 Å². The summed E-state index contributed by atoms with van der Waals surface area (Å²) in [7, 11) is 0. The highest BCUT2D eigenvalue weighted by Gasteiger charge is 2.44. The van der Waals surface area contributed by atoms with Gasteiger partial charge in [0.25, 0.3) is 0 Å². The van der Waals surface area contributed by atoms with Crippen LogP contribution >= 0.6 is 0 Å². The Kier molecular flexibility index (Phi) is 26.5. The predicted octanol–water partition coefficient (Wildman–Crippen LogP) is 5.93. The summed E-state index contributed by atoms with van der Waals surface area (Å²) >= 11 is 0. The first-order valence-corrected chi connectivity index (χ1v) is 17.8. The molecule has 48 heavy (non-hydrogen) atoms. The zero-order valence-electron chi connectivity index (χ0n) is 28.9. The van der Waals surface area contributed by atoms with Crippen LogP contribution in [-0.4, -0.2) is 89.0 Å². The first-order chi connectivity index (χ1) is 23.3. The first-order valence-electron chi connectivity index (χ1n) is 17.8. The maximum absolute atomic E-state index is 12.6. The molecule has 6 atom stereocenters. The maximum Gasteiger partial charge on any atom is 0.306 e. The molecule has 0 aromatic rings. The number of unbranched alkanes of at least 4 members (excludes halogenated alkanes) is 10. The molecule has 0 aromatic carbocycles. The smallest absolute Gasteiger partial charge is 0.306 e. The number of hydrogen-bond acceptors (Lipinski definition) is 10. The number of allylic oxidation sites excluding steroid dienone is 8. The zero-order valence-corrected chi connectivity index (χ0v) is 28.9. The van der Waals surface area contributed by atoms with Crippen molar-refractivity contribution in [2.24, 2.45) is 0 Å². The van der Waals surface area contributed by atoms with Crippen LogP contribution in [0.5, 0.6) is 0 Å². The van der Waals surface area contributed by atoms with Gasteiger partial charge in [0, 0.05) is 12.8 Å². The summed E-state index contributed by atoms with van der Waals surface area (Å²) in [5, 5.41) is 39.8. The van der Waals surface area contributed by atoms with E-state index in [1.54, 1.807) is 0 Å². The van der Waals surface area contributed by atoms with Crippen molar-refractivity contribution < 1.29 is 49.0 Å². The Bertz CT molecular complexity index is 944. The van der Waals surface area contributed by atoms with Crippen LogP contribution in [0.1, 0.15) is 109 Å². The number of hydrogen-bond donors (Lipinski definition) is 4. The summed E-state index contributed by atoms with van der Waals surface area (Å²) in [5.74, 6) is -0.865. The summed E-state index contributed by atoms with van der Waals surface area (Å²) in [6, 6.07) is 0. The van der Waals surface area contributed by atoms with Crippen molar-refractivity contribution in [3.63, 3.8) is 0 Å². The van der Waals surface area contributed by atoms with E-state index < -0.39 is 55.4 Å². The Labute approximate surface area is 288 Å². The minimum atomic E-state index is -1.60. The van der Waals surface area contributed by atoms with Crippen molar-refractivity contribution in [1.82, 2.24) is 0 Å². The van der Waals surface area contributed by atoms with Gasteiger partial charge < -0.3 is 39.4 Å². The number of rotatable bonds is 29. The quantitative estimate of drug-likeness (QED) is 0.0426. The highest BCUT2D eigenvalue weighted by atomic mass is 16.7. The van der Waals surface area contributed by atoms with Crippen molar-refractivity contribution >= 4 is 11.9 Å². The molecule has 0 amide bonds. The van der Waals surface area contributed by atoms with E-state index in [2.05, 4.69) is 49.6 Å². The van der Waals surface area contributed by atoms with Crippen molar-refractivity contribution in [1.29, 1.82) is 0 Å². The molecule has 1 fully saturated rings. The number of aliphatic hydroxyl groups excluding tert-OH is 4. The Hall–Kier alpha value is -2.60. The largest absolute Gasteiger partial charge is 0.462 e. The third kappa shape index (κ3) is 21.4. The molecule has 1 aliphatic rings. The van der Waals surface area contributed by atoms with Gasteiger partial charge in [-0.05, 0) is 57.8 Å². The summed E-state index contributed by atoms with van der Waals surface area (Å²) in [4.78, 5) is 25.1. The molecule has 0 spiro atoms. The zero-order chi connectivity index (χ0) is 35.2. The van der Waals surface area contributed by atoms with E-state index in [4.69, 9.17) is 18.9 Å². The fraction of sp³-hybridized carbons (Fsp3) is 0.684. The van der Waals surface area contributed by atoms with Gasteiger partial charge in [-0.25, -0.2) is 0 Å². The minimum Gasteiger partial charge on any atom is -0.462 e. The molecule has 1 heterocycles. The number of carbonyl (C=O) groups excluding carboxylic acids is 2. The van der Waals surface area contributed by atoms with Crippen molar-refractivity contribution in [2.45, 2.75) is 146 Å². The second kappa shape index (κ2) is 29.3. The second-order valence-electron chi connectivity index (χ2n) is 12.1. The molecule has 10 nitrogen and oxygen atoms in total. The lowest BCUT2D eigenvalue weighted by atomic mass is 9.99. The molecule has 0 aliphatic carbocycles. The molecule has 0 radical (unpaired) electrons. The molecule has 4 N–H and O–H groups in total. The van der Waals surface area contributed by atoms with Gasteiger partial charge in [-0.2, -0.15) is 0 Å². The van der Waals surface area contributed by atoms with Gasteiger partial charge in [0.05, 0.1) is 13.2 Å². The third-order valence-electron chi connectivity index (χ3n) is 7.90. The second-order valence-corrected chi connectivity index (χ2v) is 12.1. The predicted molar refractivity (Wildman–Crippen MR) is 187 cm³/mol. The van der Waals surface area contributed by atoms with Gasteiger partial charge in [0.1, 0.15) is 31.0 Å². The summed E-state index contributed by atoms with van der Waals surface area (Å²) in [5.41, 5.74) is 0. The van der Waals surface area contributed by atoms with Crippen molar-refractivity contribution in [3.8, 4) is 0 Å². The topological polar surface area (TPSA) is 152 Å². The Balaban J connectivity index is 2.43. The van der Waals surface area contributed by atoms with E-state index in [-0.39, 0.29) is 26.1 Å². The van der Waals surface area contributed by atoms with Crippen LogP contribution < -0.4 is 0 Å². The molecule has 274 valence electrons. The minimum absolute atomic E-state index is 0.201. The van der Waals surface area contributed by atoms with Crippen LogP contribution in [0.4, 0.5) is 0 Å². The lowest BCUT2D eigenvalue weighted by Crippen LogP contribution is -2.59. The average Bonchev–Trinajstić information content (AvgIpc) is 3.08. The van der Waals surface area contributed by atoms with Crippen LogP contribution in [-0.2, 0) is 28.5 Å². The Morgan fingerprint density at radius 1 is 0.646 bits per heavy atom. The molecule has 0 bridgehead atoms. The van der Waals surface area contributed by atoms with Gasteiger partial charge in [-0.15, -0.1) is 13.2 Å². The molecule has 1 saturated heterocycles. The number of carbonyl (C=O) groups is 2. The molecule has 1 rings (SSSR count). The SMILES string of the molecule is C=CC/C=C\C/C=C/CCCCCCCC(=O)OC[C@H](CO[C@@H]1O[C@H](CO)[C@H](O)[C@H](O)[C@H]1O)OC(=O)CCCCCCC/C=C/CC=C. The molecule has 0 saturated carbocycles. The average molecular weight is 679 g/mol. The van der Waals surface area contributed by atoms with E-state index in [0.29, 0.717) is 12.8 Å². The fourth-order valence-electron chi connectivity index (χ4n) is 5.04. The van der Waals surface area contributed by atoms with Crippen LogP contribution in [0.25, 0.3) is 0 Å². The van der Waals surface area contributed by atoms with Gasteiger partial charge >= 0.3 is 11.9 Å². The van der Waals surface area contributed by atoms with E-state index in [9.17, 15) is 30.0 Å². The molecular formula is C38H62O10. The van der Waals surface area contributed by atoms with Gasteiger partial charge in [0.15, 0.2) is 12.4 Å². The lowest BCUT2D eigenvalue weighted by molar-refractivity contribution is -0.305. The molecule has 0 aromatic heterocycles. The maximum atomic E-state index is 12.6. The van der Waals surface area contributed by atoms with E-state index in [0.717, 1.165) is 83.5 Å². The first kappa shape index (κ1) is 43.4. The normalized spacial score (nSPS) is 22.0.